The van der Waals surface area contributed by atoms with Crippen LogP contribution in [0.4, 0.5) is 5.82 Å². The molecule has 176 valence electrons. The highest BCUT2D eigenvalue weighted by molar-refractivity contribution is 5.84. The lowest BCUT2D eigenvalue weighted by atomic mass is 10.1. The number of hydrogen-bond acceptors (Lipinski definition) is 7. The Labute approximate surface area is 198 Å². The van der Waals surface area contributed by atoms with Crippen molar-refractivity contribution in [1.82, 2.24) is 9.38 Å². The molecule has 0 aliphatic rings. The van der Waals surface area contributed by atoms with Crippen molar-refractivity contribution in [2.45, 2.75) is 13.5 Å². The first-order chi connectivity index (χ1) is 16.6. The van der Waals surface area contributed by atoms with Crippen LogP contribution in [0.5, 0.6) is 17.2 Å². The predicted octanol–water partition coefficient (Wildman–Crippen LogP) is 4.57. The fourth-order valence-corrected chi connectivity index (χ4v) is 3.61. The van der Waals surface area contributed by atoms with Gasteiger partial charge in [0.2, 0.25) is 0 Å². The molecule has 0 bridgehead atoms. The van der Waals surface area contributed by atoms with E-state index in [0.717, 1.165) is 5.56 Å². The summed E-state index contributed by atoms with van der Waals surface area (Å²) in [4.78, 5) is 17.0. The summed E-state index contributed by atoms with van der Waals surface area (Å²) in [5.41, 5.74) is 2.96. The summed E-state index contributed by atoms with van der Waals surface area (Å²) in [5, 5.41) is 3.18. The van der Waals surface area contributed by atoms with Crippen LogP contribution in [0, 0.1) is 0 Å². The monoisotopic (exact) mass is 461 g/mol. The molecule has 8 nitrogen and oxygen atoms in total. The number of ether oxygens (including phenoxy) is 4. The Bertz CT molecular complexity index is 1270. The molecule has 0 saturated heterocycles. The van der Waals surface area contributed by atoms with Gasteiger partial charge in [-0.05, 0) is 42.8 Å². The number of hydrogen-bond donors (Lipinski definition) is 1. The summed E-state index contributed by atoms with van der Waals surface area (Å²) in [6, 6.07) is 19.1. The van der Waals surface area contributed by atoms with Crippen molar-refractivity contribution < 1.29 is 23.7 Å². The highest BCUT2D eigenvalue weighted by atomic mass is 16.5. The third kappa shape index (κ3) is 4.91. The number of fused-ring (bicyclic) bond motifs is 1. The summed E-state index contributed by atoms with van der Waals surface area (Å²) in [6.45, 7) is 2.46. The molecule has 0 aliphatic carbocycles. The van der Waals surface area contributed by atoms with Crippen molar-refractivity contribution in [3.05, 3.63) is 72.4 Å². The predicted molar refractivity (Wildman–Crippen MR) is 130 cm³/mol. The van der Waals surface area contributed by atoms with Gasteiger partial charge < -0.3 is 24.3 Å². The first-order valence-electron chi connectivity index (χ1n) is 10.9. The van der Waals surface area contributed by atoms with Gasteiger partial charge in [0.15, 0.2) is 11.4 Å². The smallest absolute Gasteiger partial charge is 0.325 e. The number of imidazole rings is 1. The summed E-state index contributed by atoms with van der Waals surface area (Å²) in [5.74, 6) is 2.14. The number of esters is 1. The summed E-state index contributed by atoms with van der Waals surface area (Å²) in [6.07, 6.45) is 1.86. The molecule has 0 fully saturated rings. The van der Waals surface area contributed by atoms with Crippen LogP contribution in [0.15, 0.2) is 66.9 Å². The maximum absolute atomic E-state index is 12.1. The second-order valence-electron chi connectivity index (χ2n) is 7.37. The van der Waals surface area contributed by atoms with E-state index in [2.05, 4.69) is 5.32 Å². The van der Waals surface area contributed by atoms with Crippen LogP contribution < -0.4 is 19.5 Å². The van der Waals surface area contributed by atoms with E-state index < -0.39 is 0 Å². The average molecular weight is 462 g/mol. The average Bonchev–Trinajstić information content (AvgIpc) is 3.25. The lowest BCUT2D eigenvalue weighted by Gasteiger charge is -2.12. The first kappa shape index (κ1) is 23.0. The number of carbonyl (C=O) groups excluding carboxylic acids is 1. The minimum Gasteiger partial charge on any atom is -0.497 e. The molecule has 0 amide bonds. The molecule has 4 rings (SSSR count). The van der Waals surface area contributed by atoms with Crippen LogP contribution in [0.3, 0.4) is 0 Å². The zero-order valence-corrected chi connectivity index (χ0v) is 19.4. The zero-order valence-electron chi connectivity index (χ0n) is 19.4. The zero-order chi connectivity index (χ0) is 23.9. The fraction of sp³-hybridized carbons (Fsp3) is 0.231. The van der Waals surface area contributed by atoms with E-state index in [0.29, 0.717) is 53.2 Å². The lowest BCUT2D eigenvalue weighted by Crippen LogP contribution is -2.18. The quantitative estimate of drug-likeness (QED) is 0.346. The highest BCUT2D eigenvalue weighted by Crippen LogP contribution is 2.39. The molecule has 0 saturated carbocycles. The van der Waals surface area contributed by atoms with Crippen molar-refractivity contribution in [2.75, 3.05) is 32.7 Å². The van der Waals surface area contributed by atoms with Gasteiger partial charge in [-0.25, -0.2) is 4.98 Å². The Morgan fingerprint density at radius 1 is 1.00 bits per heavy atom. The maximum Gasteiger partial charge on any atom is 0.325 e. The summed E-state index contributed by atoms with van der Waals surface area (Å²) in [7, 11) is 3.20. The van der Waals surface area contributed by atoms with E-state index in [1.165, 1.54) is 0 Å². The van der Waals surface area contributed by atoms with Gasteiger partial charge in [-0.1, -0.05) is 30.3 Å². The summed E-state index contributed by atoms with van der Waals surface area (Å²) >= 11 is 0. The molecule has 0 unspecified atom stereocenters. The number of carbonyl (C=O) groups is 1. The highest BCUT2D eigenvalue weighted by Gasteiger charge is 2.21. The van der Waals surface area contributed by atoms with Crippen molar-refractivity contribution in [1.29, 1.82) is 0 Å². The second-order valence-corrected chi connectivity index (χ2v) is 7.37. The number of nitrogens with one attached hydrogen (secondary N) is 1. The van der Waals surface area contributed by atoms with E-state index in [4.69, 9.17) is 23.9 Å². The standard InChI is InChI=1S/C26H27N3O5/c1-4-33-23(30)16-27-26-24(20-15-19(31-2)12-13-21(20)32-3)28-25-22(11-8-14-29(25)26)34-17-18-9-6-5-7-10-18/h5-15,27H,4,16-17H2,1-3H3. The van der Waals surface area contributed by atoms with Crippen LogP contribution in [0.1, 0.15) is 12.5 Å². The van der Waals surface area contributed by atoms with E-state index in [-0.39, 0.29) is 12.5 Å². The Balaban J connectivity index is 1.80. The van der Waals surface area contributed by atoms with Crippen molar-refractivity contribution in [3.8, 4) is 28.5 Å². The minimum absolute atomic E-state index is 0.0178. The SMILES string of the molecule is CCOC(=O)CNc1c(-c2cc(OC)ccc2OC)nc2c(OCc3ccccc3)cccn12. The molecular weight excluding hydrogens is 434 g/mol. The molecule has 0 atom stereocenters. The molecule has 2 aromatic carbocycles. The molecule has 4 aromatic rings. The lowest BCUT2D eigenvalue weighted by molar-refractivity contribution is -0.140. The normalized spacial score (nSPS) is 10.7. The number of nitrogens with zero attached hydrogens (tertiary/aromatic N) is 2. The second kappa shape index (κ2) is 10.6. The summed E-state index contributed by atoms with van der Waals surface area (Å²) < 4.78 is 24.1. The van der Waals surface area contributed by atoms with Gasteiger partial charge in [0.25, 0.3) is 0 Å². The maximum atomic E-state index is 12.1. The van der Waals surface area contributed by atoms with Crippen LogP contribution in [-0.2, 0) is 16.1 Å². The van der Waals surface area contributed by atoms with Gasteiger partial charge >= 0.3 is 5.97 Å². The van der Waals surface area contributed by atoms with E-state index in [1.54, 1.807) is 21.1 Å². The van der Waals surface area contributed by atoms with Gasteiger partial charge in [0, 0.05) is 11.8 Å². The molecule has 0 spiro atoms. The molecule has 0 aliphatic heterocycles. The van der Waals surface area contributed by atoms with Gasteiger partial charge in [0.05, 0.1) is 20.8 Å². The largest absolute Gasteiger partial charge is 0.497 e. The number of rotatable bonds is 10. The molecular formula is C26H27N3O5. The van der Waals surface area contributed by atoms with Crippen LogP contribution in [-0.4, -0.2) is 42.7 Å². The minimum atomic E-state index is -0.363. The van der Waals surface area contributed by atoms with Crippen molar-refractivity contribution >= 4 is 17.4 Å². The third-order valence-corrected chi connectivity index (χ3v) is 5.22. The van der Waals surface area contributed by atoms with Crippen LogP contribution in [0.2, 0.25) is 0 Å². The molecule has 2 heterocycles. The van der Waals surface area contributed by atoms with Crippen molar-refractivity contribution in [3.63, 3.8) is 0 Å². The van der Waals surface area contributed by atoms with E-state index in [9.17, 15) is 4.79 Å². The van der Waals surface area contributed by atoms with Crippen molar-refractivity contribution in [2.24, 2.45) is 0 Å². The van der Waals surface area contributed by atoms with Crippen LogP contribution >= 0.6 is 0 Å². The Kier molecular flexibility index (Phi) is 7.17. The van der Waals surface area contributed by atoms with Gasteiger partial charge in [-0.2, -0.15) is 0 Å². The van der Waals surface area contributed by atoms with Gasteiger partial charge in [-0.3, -0.25) is 9.20 Å². The molecule has 1 N–H and O–H groups in total. The first-order valence-corrected chi connectivity index (χ1v) is 10.9. The Morgan fingerprint density at radius 2 is 1.82 bits per heavy atom. The van der Waals surface area contributed by atoms with Crippen LogP contribution in [0.25, 0.3) is 16.9 Å². The Hall–Kier alpha value is -4.20. The number of anilines is 1. The van der Waals surface area contributed by atoms with Gasteiger partial charge in [0.1, 0.15) is 36.2 Å². The molecule has 34 heavy (non-hydrogen) atoms. The third-order valence-electron chi connectivity index (χ3n) is 5.22. The Morgan fingerprint density at radius 3 is 2.56 bits per heavy atom. The topological polar surface area (TPSA) is 83.3 Å². The molecule has 2 aromatic heterocycles. The number of pyridine rings is 1. The number of aromatic nitrogens is 2. The van der Waals surface area contributed by atoms with E-state index >= 15 is 0 Å². The number of benzene rings is 2. The van der Waals surface area contributed by atoms with Gasteiger partial charge in [-0.15, -0.1) is 0 Å². The molecule has 0 radical (unpaired) electrons. The number of methoxy groups -OCH3 is 2. The molecule has 8 heteroatoms. The van der Waals surface area contributed by atoms with E-state index in [1.807, 2.05) is 71.3 Å². The fourth-order valence-electron chi connectivity index (χ4n) is 3.61.